The summed E-state index contributed by atoms with van der Waals surface area (Å²) in [6, 6.07) is 4.44. The van der Waals surface area contributed by atoms with Crippen molar-refractivity contribution in [2.75, 3.05) is 5.32 Å². The Hall–Kier alpha value is -2.25. The summed E-state index contributed by atoms with van der Waals surface area (Å²) in [4.78, 5) is 0. The van der Waals surface area contributed by atoms with E-state index >= 15 is 0 Å². The summed E-state index contributed by atoms with van der Waals surface area (Å²) in [6.07, 6.45) is 5.61. The SMILES string of the molecule is C(=C1/CCCC2=C1Nc1nnnn1[C@H]2c1ccsc1)/c1ccsc1. The van der Waals surface area contributed by atoms with Gasteiger partial charge in [-0.1, -0.05) is 5.10 Å². The summed E-state index contributed by atoms with van der Waals surface area (Å²) >= 11 is 3.45. The molecule has 3 aromatic rings. The van der Waals surface area contributed by atoms with Crippen LogP contribution in [-0.2, 0) is 0 Å². The molecule has 3 aromatic heterocycles. The van der Waals surface area contributed by atoms with Gasteiger partial charge in [0.2, 0.25) is 5.95 Å². The summed E-state index contributed by atoms with van der Waals surface area (Å²) in [5.41, 5.74) is 6.48. The van der Waals surface area contributed by atoms with Crippen molar-refractivity contribution >= 4 is 34.7 Å². The maximum atomic E-state index is 4.23. The van der Waals surface area contributed by atoms with Crippen LogP contribution in [0.1, 0.15) is 36.4 Å². The maximum absolute atomic E-state index is 4.23. The second-order valence-corrected chi connectivity index (χ2v) is 7.57. The van der Waals surface area contributed by atoms with Gasteiger partial charge in [-0.15, -0.1) is 0 Å². The normalized spacial score (nSPS) is 21.5. The van der Waals surface area contributed by atoms with Gasteiger partial charge in [-0.05, 0) is 91.7 Å². The minimum Gasteiger partial charge on any atom is -0.323 e. The van der Waals surface area contributed by atoms with Crippen molar-refractivity contribution in [2.45, 2.75) is 25.3 Å². The molecule has 0 aromatic carbocycles. The average molecular weight is 353 g/mol. The lowest BCUT2D eigenvalue weighted by Gasteiger charge is -2.33. The highest BCUT2D eigenvalue weighted by Crippen LogP contribution is 2.43. The standard InChI is InChI=1S/C17H15N5S2/c1-2-12(8-11-4-6-23-9-11)15-14(3-1)16(13-5-7-24-10-13)22-17(18-15)19-20-21-22/h4-10,16H,1-3H2,(H,18,19,21)/b12-8+/t16-/m0/s1. The number of thiophene rings is 2. The van der Waals surface area contributed by atoms with Crippen LogP contribution in [0, 0.1) is 0 Å². The van der Waals surface area contributed by atoms with Crippen LogP contribution in [0.5, 0.6) is 0 Å². The first-order valence-electron chi connectivity index (χ1n) is 7.93. The van der Waals surface area contributed by atoms with Crippen LogP contribution in [0.3, 0.4) is 0 Å². The lowest BCUT2D eigenvalue weighted by molar-refractivity contribution is 0.525. The van der Waals surface area contributed by atoms with Gasteiger partial charge in [0, 0.05) is 5.70 Å². The third-order valence-corrected chi connectivity index (χ3v) is 5.98. The van der Waals surface area contributed by atoms with E-state index < -0.39 is 0 Å². The number of allylic oxidation sites excluding steroid dienone is 2. The summed E-state index contributed by atoms with van der Waals surface area (Å²) in [7, 11) is 0. The number of tetrazole rings is 1. The van der Waals surface area contributed by atoms with E-state index in [0.717, 1.165) is 25.2 Å². The van der Waals surface area contributed by atoms with Crippen LogP contribution < -0.4 is 5.32 Å². The molecular weight excluding hydrogens is 338 g/mol. The predicted octanol–water partition coefficient (Wildman–Crippen LogP) is 4.33. The number of nitrogens with one attached hydrogen (secondary N) is 1. The topological polar surface area (TPSA) is 55.6 Å². The Balaban J connectivity index is 1.67. The Morgan fingerprint density at radius 3 is 2.92 bits per heavy atom. The molecule has 24 heavy (non-hydrogen) atoms. The zero-order valence-electron chi connectivity index (χ0n) is 12.8. The lowest BCUT2D eigenvalue weighted by Crippen LogP contribution is -2.28. The first kappa shape index (κ1) is 14.1. The van der Waals surface area contributed by atoms with E-state index in [2.05, 4.69) is 60.6 Å². The number of hydrogen-bond acceptors (Lipinski definition) is 6. The predicted molar refractivity (Wildman–Crippen MR) is 97.1 cm³/mol. The number of nitrogens with zero attached hydrogens (tertiary/aromatic N) is 4. The molecule has 1 N–H and O–H groups in total. The molecule has 0 radical (unpaired) electrons. The third kappa shape index (κ3) is 2.23. The summed E-state index contributed by atoms with van der Waals surface area (Å²) in [6.45, 7) is 0. The van der Waals surface area contributed by atoms with E-state index in [1.807, 2.05) is 4.68 Å². The van der Waals surface area contributed by atoms with Crippen molar-refractivity contribution in [3.05, 3.63) is 61.6 Å². The van der Waals surface area contributed by atoms with E-state index in [1.54, 1.807) is 22.7 Å². The van der Waals surface area contributed by atoms with E-state index in [1.165, 1.54) is 28.0 Å². The van der Waals surface area contributed by atoms with Gasteiger partial charge in [0.15, 0.2) is 0 Å². The Morgan fingerprint density at radius 2 is 2.08 bits per heavy atom. The maximum Gasteiger partial charge on any atom is 0.248 e. The van der Waals surface area contributed by atoms with Crippen molar-refractivity contribution in [3.63, 3.8) is 0 Å². The van der Waals surface area contributed by atoms with E-state index in [-0.39, 0.29) is 6.04 Å². The van der Waals surface area contributed by atoms with Crippen molar-refractivity contribution in [3.8, 4) is 0 Å². The molecule has 1 atom stereocenters. The highest BCUT2D eigenvalue weighted by Gasteiger charge is 2.34. The molecule has 0 bridgehead atoms. The van der Waals surface area contributed by atoms with Crippen LogP contribution in [0.4, 0.5) is 5.95 Å². The van der Waals surface area contributed by atoms with Crippen molar-refractivity contribution in [1.82, 2.24) is 20.2 Å². The van der Waals surface area contributed by atoms with Crippen molar-refractivity contribution in [2.24, 2.45) is 0 Å². The van der Waals surface area contributed by atoms with Gasteiger partial charge in [0.25, 0.3) is 0 Å². The number of rotatable bonds is 2. The molecule has 1 aliphatic heterocycles. The quantitative estimate of drug-likeness (QED) is 0.745. The van der Waals surface area contributed by atoms with Gasteiger partial charge in [0.05, 0.1) is 0 Å². The highest BCUT2D eigenvalue weighted by molar-refractivity contribution is 7.08. The van der Waals surface area contributed by atoms with Crippen LogP contribution in [-0.4, -0.2) is 20.2 Å². The van der Waals surface area contributed by atoms with Gasteiger partial charge < -0.3 is 5.32 Å². The monoisotopic (exact) mass is 353 g/mol. The van der Waals surface area contributed by atoms with Crippen LogP contribution in [0.25, 0.3) is 6.08 Å². The van der Waals surface area contributed by atoms with Gasteiger partial charge in [-0.2, -0.15) is 27.4 Å². The molecule has 1 aliphatic carbocycles. The second kappa shape index (κ2) is 5.68. The number of hydrogen-bond donors (Lipinski definition) is 1. The first-order valence-corrected chi connectivity index (χ1v) is 9.82. The van der Waals surface area contributed by atoms with Gasteiger partial charge in [0.1, 0.15) is 6.04 Å². The minimum absolute atomic E-state index is 0.101. The molecule has 5 nitrogen and oxygen atoms in total. The Labute approximate surface area is 147 Å². The van der Waals surface area contributed by atoms with E-state index in [4.69, 9.17) is 0 Å². The molecule has 7 heteroatoms. The third-order valence-electron chi connectivity index (χ3n) is 4.58. The molecule has 0 unspecified atom stereocenters. The molecule has 120 valence electrons. The fourth-order valence-electron chi connectivity index (χ4n) is 3.54. The largest absolute Gasteiger partial charge is 0.323 e. The lowest BCUT2D eigenvalue weighted by atomic mass is 9.84. The Kier molecular flexibility index (Phi) is 3.34. The fourth-order valence-corrected chi connectivity index (χ4v) is 4.84. The summed E-state index contributed by atoms with van der Waals surface area (Å²) in [5, 5.41) is 24.4. The number of anilines is 1. The second-order valence-electron chi connectivity index (χ2n) is 6.01. The summed E-state index contributed by atoms with van der Waals surface area (Å²) in [5.74, 6) is 0.725. The average Bonchev–Trinajstić information content (AvgIpc) is 3.35. The molecule has 4 heterocycles. The van der Waals surface area contributed by atoms with Gasteiger partial charge in [-0.3, -0.25) is 0 Å². The Bertz CT molecular complexity index is 918. The van der Waals surface area contributed by atoms with E-state index in [0.29, 0.717) is 0 Å². The van der Waals surface area contributed by atoms with Gasteiger partial charge in [-0.25, -0.2) is 0 Å². The molecule has 0 spiro atoms. The minimum atomic E-state index is 0.101. The molecule has 5 rings (SSSR count). The highest BCUT2D eigenvalue weighted by atomic mass is 32.1. The van der Waals surface area contributed by atoms with Crippen LogP contribution in [0.2, 0.25) is 0 Å². The molecule has 0 saturated heterocycles. The molecule has 2 aliphatic rings. The molecule has 0 amide bonds. The molecule has 0 fully saturated rings. The fraction of sp³-hybridized carbons (Fsp3) is 0.235. The smallest absolute Gasteiger partial charge is 0.248 e. The molecular formula is C17H15N5S2. The zero-order valence-corrected chi connectivity index (χ0v) is 14.5. The summed E-state index contributed by atoms with van der Waals surface area (Å²) < 4.78 is 1.91. The van der Waals surface area contributed by atoms with Crippen molar-refractivity contribution in [1.29, 1.82) is 0 Å². The first-order chi connectivity index (χ1) is 11.9. The molecule has 0 saturated carbocycles. The van der Waals surface area contributed by atoms with Crippen LogP contribution in [0.15, 0.2) is 50.5 Å². The zero-order chi connectivity index (χ0) is 15.9. The van der Waals surface area contributed by atoms with E-state index in [9.17, 15) is 0 Å². The van der Waals surface area contributed by atoms with Crippen LogP contribution >= 0.6 is 22.7 Å². The number of fused-ring (bicyclic) bond motifs is 1. The van der Waals surface area contributed by atoms with Gasteiger partial charge >= 0.3 is 0 Å². The number of aromatic nitrogens is 4. The van der Waals surface area contributed by atoms with Crippen molar-refractivity contribution < 1.29 is 0 Å². The Morgan fingerprint density at radius 1 is 1.17 bits per heavy atom.